The van der Waals surface area contributed by atoms with Crippen molar-refractivity contribution in [2.75, 3.05) is 13.7 Å². The number of hydrogen-bond acceptors (Lipinski definition) is 6. The monoisotopic (exact) mass is 277 g/mol. The van der Waals surface area contributed by atoms with Gasteiger partial charge in [0.25, 0.3) is 0 Å². The van der Waals surface area contributed by atoms with Gasteiger partial charge < -0.3 is 30.5 Å². The topological polar surface area (TPSA) is 102 Å². The Labute approximate surface area is 114 Å². The van der Waals surface area contributed by atoms with Crippen molar-refractivity contribution in [2.45, 2.75) is 69.2 Å². The zero-order valence-corrected chi connectivity index (χ0v) is 11.7. The number of ether oxygens (including phenoxy) is 1. The van der Waals surface area contributed by atoms with E-state index in [0.29, 0.717) is 6.42 Å². The molecule has 1 aliphatic rings. The Balaban J connectivity index is 2.70. The van der Waals surface area contributed by atoms with E-state index in [9.17, 15) is 15.3 Å². The van der Waals surface area contributed by atoms with Gasteiger partial charge in [0, 0.05) is 6.42 Å². The molecule has 1 fully saturated rings. The summed E-state index contributed by atoms with van der Waals surface area (Å²) in [5.41, 5.74) is 0. The molecule has 0 aliphatic carbocycles. The highest BCUT2D eigenvalue weighted by molar-refractivity contribution is 4.99. The molecule has 1 rings (SSSR count). The normalized spacial score (nSPS) is 39.5. The molecule has 6 heteroatoms. The second-order valence-corrected chi connectivity index (χ2v) is 5.24. The molecular weight excluding hydrogens is 250 g/mol. The van der Waals surface area contributed by atoms with Crippen LogP contribution in [0.5, 0.6) is 0 Å². The summed E-state index contributed by atoms with van der Waals surface area (Å²) in [6.07, 6.45) is 0.925. The Morgan fingerprint density at radius 2 is 1.84 bits per heavy atom. The van der Waals surface area contributed by atoms with Gasteiger partial charge in [0.05, 0.1) is 12.6 Å². The Morgan fingerprint density at radius 3 is 2.37 bits per heavy atom. The first-order chi connectivity index (χ1) is 9.00. The van der Waals surface area contributed by atoms with E-state index < -0.39 is 36.7 Å². The van der Waals surface area contributed by atoms with Crippen molar-refractivity contribution < 1.29 is 25.2 Å². The van der Waals surface area contributed by atoms with E-state index in [1.54, 1.807) is 7.05 Å². The maximum Gasteiger partial charge on any atom is 0.184 e. The zero-order valence-electron chi connectivity index (χ0n) is 11.7. The molecule has 5 N–H and O–H groups in total. The number of nitrogens with one attached hydrogen (secondary N) is 1. The lowest BCUT2D eigenvalue weighted by atomic mass is 9.87. The first-order valence-electron chi connectivity index (χ1n) is 7.04. The first kappa shape index (κ1) is 16.8. The van der Waals surface area contributed by atoms with Crippen molar-refractivity contribution in [1.29, 1.82) is 0 Å². The highest BCUT2D eigenvalue weighted by atomic mass is 16.6. The second-order valence-electron chi connectivity index (χ2n) is 5.24. The summed E-state index contributed by atoms with van der Waals surface area (Å²) < 4.78 is 5.42. The van der Waals surface area contributed by atoms with Crippen molar-refractivity contribution in [3.63, 3.8) is 0 Å². The van der Waals surface area contributed by atoms with Crippen molar-refractivity contribution in [2.24, 2.45) is 0 Å². The predicted octanol–water partition coefficient (Wildman–Crippen LogP) is -0.654. The van der Waals surface area contributed by atoms with Gasteiger partial charge in [-0.3, -0.25) is 0 Å². The van der Waals surface area contributed by atoms with Gasteiger partial charge in [0.2, 0.25) is 0 Å². The molecule has 1 saturated heterocycles. The van der Waals surface area contributed by atoms with E-state index in [-0.39, 0.29) is 0 Å². The number of unbranched alkanes of at least 4 members (excludes halogenated alkanes) is 3. The zero-order chi connectivity index (χ0) is 14.5. The average molecular weight is 277 g/mol. The molecule has 5 atom stereocenters. The third-order valence-corrected chi connectivity index (χ3v) is 3.79. The smallest absolute Gasteiger partial charge is 0.184 e. The molecule has 0 amide bonds. The summed E-state index contributed by atoms with van der Waals surface area (Å²) in [4.78, 5) is 0. The standard InChI is InChI=1S/C13H27NO5/c1-3-4-5-6-7-13(18)12(14-2)11(17)10(16)9(8-15)19-13/h9-12,14-18H,3-8H2,1-2H3/t9-,10-,11+,12-,13?/m1/s1. The molecule has 1 heterocycles. The lowest BCUT2D eigenvalue weighted by molar-refractivity contribution is -0.321. The van der Waals surface area contributed by atoms with Gasteiger partial charge in [-0.25, -0.2) is 0 Å². The second kappa shape index (κ2) is 7.52. The minimum absolute atomic E-state index is 0.360. The Bertz CT molecular complexity index is 265. The highest BCUT2D eigenvalue weighted by Gasteiger charge is 2.51. The van der Waals surface area contributed by atoms with Crippen LogP contribution in [-0.4, -0.2) is 64.2 Å². The maximum atomic E-state index is 10.6. The van der Waals surface area contributed by atoms with Crippen LogP contribution < -0.4 is 5.32 Å². The van der Waals surface area contributed by atoms with Gasteiger partial charge in [-0.1, -0.05) is 26.2 Å². The molecular formula is C13H27NO5. The van der Waals surface area contributed by atoms with E-state index in [1.165, 1.54) is 0 Å². The maximum absolute atomic E-state index is 10.6. The number of aliphatic hydroxyl groups is 4. The molecule has 0 aromatic heterocycles. The molecule has 6 nitrogen and oxygen atoms in total. The average Bonchev–Trinajstić information content (AvgIpc) is 2.40. The van der Waals surface area contributed by atoms with Crippen molar-refractivity contribution in [3.8, 4) is 0 Å². The van der Waals surface area contributed by atoms with Crippen molar-refractivity contribution in [1.82, 2.24) is 5.32 Å². The van der Waals surface area contributed by atoms with Gasteiger partial charge in [0.1, 0.15) is 18.3 Å². The fourth-order valence-electron chi connectivity index (χ4n) is 2.65. The van der Waals surface area contributed by atoms with Crippen LogP contribution in [-0.2, 0) is 4.74 Å². The highest BCUT2D eigenvalue weighted by Crippen LogP contribution is 2.32. The van der Waals surface area contributed by atoms with Crippen LogP contribution in [0.15, 0.2) is 0 Å². The van der Waals surface area contributed by atoms with Crippen molar-refractivity contribution in [3.05, 3.63) is 0 Å². The number of aliphatic hydroxyl groups excluding tert-OH is 3. The third kappa shape index (κ3) is 3.87. The van der Waals surface area contributed by atoms with Gasteiger partial charge in [0.15, 0.2) is 5.79 Å². The molecule has 114 valence electrons. The summed E-state index contributed by atoms with van der Waals surface area (Å²) in [5, 5.41) is 42.3. The molecule has 0 bridgehead atoms. The fourth-order valence-corrected chi connectivity index (χ4v) is 2.65. The first-order valence-corrected chi connectivity index (χ1v) is 7.04. The minimum Gasteiger partial charge on any atom is -0.394 e. The van der Waals surface area contributed by atoms with Crippen LogP contribution in [0, 0.1) is 0 Å². The van der Waals surface area contributed by atoms with Crippen LogP contribution in [0.3, 0.4) is 0 Å². The Hall–Kier alpha value is -0.240. The largest absolute Gasteiger partial charge is 0.394 e. The Kier molecular flexibility index (Phi) is 6.65. The third-order valence-electron chi connectivity index (χ3n) is 3.79. The molecule has 0 radical (unpaired) electrons. The van der Waals surface area contributed by atoms with Crippen LogP contribution in [0.25, 0.3) is 0 Å². The Morgan fingerprint density at radius 1 is 1.16 bits per heavy atom. The van der Waals surface area contributed by atoms with E-state index in [2.05, 4.69) is 12.2 Å². The molecule has 1 aliphatic heterocycles. The van der Waals surface area contributed by atoms with E-state index in [4.69, 9.17) is 9.84 Å². The molecule has 0 aromatic rings. The molecule has 19 heavy (non-hydrogen) atoms. The minimum atomic E-state index is -1.56. The summed E-state index contributed by atoms with van der Waals surface area (Å²) in [6, 6.07) is -0.771. The molecule has 0 spiro atoms. The molecule has 0 saturated carbocycles. The lowest BCUT2D eigenvalue weighted by Gasteiger charge is -2.47. The van der Waals surface area contributed by atoms with Gasteiger partial charge in [-0.2, -0.15) is 0 Å². The molecule has 0 aromatic carbocycles. The fraction of sp³-hybridized carbons (Fsp3) is 1.00. The van der Waals surface area contributed by atoms with Gasteiger partial charge in [-0.05, 0) is 13.5 Å². The number of likely N-dealkylation sites (N-methyl/N-ethyl adjacent to an activating group) is 1. The van der Waals surface area contributed by atoms with Gasteiger partial charge in [-0.15, -0.1) is 0 Å². The summed E-state index contributed by atoms with van der Waals surface area (Å²) in [7, 11) is 1.60. The predicted molar refractivity (Wildman–Crippen MR) is 70.5 cm³/mol. The van der Waals surface area contributed by atoms with E-state index in [1.807, 2.05) is 0 Å². The SMILES string of the molecule is CCCCCCC1(O)O[C@H](CO)[C@@H](O)[C@H](O)[C@H]1NC. The van der Waals surface area contributed by atoms with Crippen LogP contribution in [0.1, 0.15) is 39.0 Å². The van der Waals surface area contributed by atoms with Gasteiger partial charge >= 0.3 is 0 Å². The van der Waals surface area contributed by atoms with Crippen LogP contribution in [0.4, 0.5) is 0 Å². The van der Waals surface area contributed by atoms with Crippen LogP contribution >= 0.6 is 0 Å². The number of rotatable bonds is 7. The van der Waals surface area contributed by atoms with E-state index in [0.717, 1.165) is 25.7 Å². The summed E-state index contributed by atoms with van der Waals surface area (Å²) in [5.74, 6) is -1.56. The summed E-state index contributed by atoms with van der Waals surface area (Å²) in [6.45, 7) is 1.66. The quantitative estimate of drug-likeness (QED) is 0.396. The van der Waals surface area contributed by atoms with E-state index >= 15 is 0 Å². The lowest BCUT2D eigenvalue weighted by Crippen LogP contribution is -2.69. The van der Waals surface area contributed by atoms with Crippen molar-refractivity contribution >= 4 is 0 Å². The number of hydrogen-bond donors (Lipinski definition) is 5. The molecule has 1 unspecified atom stereocenters. The summed E-state index contributed by atoms with van der Waals surface area (Å²) >= 11 is 0. The van der Waals surface area contributed by atoms with Crippen LogP contribution in [0.2, 0.25) is 0 Å².